The zero-order chi connectivity index (χ0) is 25.6. The van der Waals surface area contributed by atoms with Gasteiger partial charge in [0.1, 0.15) is 11.5 Å². The predicted molar refractivity (Wildman–Crippen MR) is 143 cm³/mol. The molecule has 1 aliphatic heterocycles. The van der Waals surface area contributed by atoms with E-state index in [-0.39, 0.29) is 40.8 Å². The minimum Gasteiger partial charge on any atom is -0.353 e. The average Bonchev–Trinajstić information content (AvgIpc) is 3.74. The molecule has 3 aromatic rings. The van der Waals surface area contributed by atoms with Crippen LogP contribution in [0.1, 0.15) is 69.0 Å². The molecule has 7 nitrogen and oxygen atoms in total. The molecule has 2 aliphatic carbocycles. The van der Waals surface area contributed by atoms with Crippen molar-refractivity contribution in [3.8, 4) is 0 Å². The highest BCUT2D eigenvalue weighted by atomic mass is 32.2. The van der Waals surface area contributed by atoms with Crippen LogP contribution in [-0.2, 0) is 10.2 Å². The largest absolute Gasteiger partial charge is 0.353 e. The Balaban J connectivity index is 1.24. The van der Waals surface area contributed by atoms with Crippen molar-refractivity contribution in [1.29, 1.82) is 0 Å². The summed E-state index contributed by atoms with van der Waals surface area (Å²) in [4.78, 5) is 44.6. The Kier molecular flexibility index (Phi) is 6.42. The first kappa shape index (κ1) is 24.4. The molecule has 3 heterocycles. The number of amides is 1. The van der Waals surface area contributed by atoms with Crippen LogP contribution in [0.4, 0.5) is 4.39 Å². The van der Waals surface area contributed by atoms with Crippen LogP contribution in [0.15, 0.2) is 52.2 Å². The van der Waals surface area contributed by atoms with Crippen LogP contribution in [0.25, 0.3) is 11.0 Å². The minimum absolute atomic E-state index is 0.0119. The zero-order valence-electron chi connectivity index (χ0n) is 20.7. The summed E-state index contributed by atoms with van der Waals surface area (Å²) in [6.07, 6.45) is 7.01. The van der Waals surface area contributed by atoms with Gasteiger partial charge >= 0.3 is 5.69 Å². The highest BCUT2D eigenvalue weighted by Gasteiger charge is 2.51. The molecule has 0 radical (unpaired) electrons. The van der Waals surface area contributed by atoms with Crippen molar-refractivity contribution in [2.45, 2.75) is 74.9 Å². The molecule has 3 fully saturated rings. The number of nitrogens with zero attached hydrogens (tertiary/aromatic N) is 3. The molecule has 2 saturated carbocycles. The maximum absolute atomic E-state index is 14.1. The number of pyridine rings is 1. The fourth-order valence-electron chi connectivity index (χ4n) is 6.13. The van der Waals surface area contributed by atoms with E-state index in [4.69, 9.17) is 0 Å². The molecule has 9 heteroatoms. The van der Waals surface area contributed by atoms with Gasteiger partial charge in [0.25, 0.3) is 5.56 Å². The van der Waals surface area contributed by atoms with Gasteiger partial charge in [-0.2, -0.15) is 11.8 Å². The van der Waals surface area contributed by atoms with Gasteiger partial charge in [0.15, 0.2) is 0 Å². The lowest BCUT2D eigenvalue weighted by Gasteiger charge is -2.32. The Bertz CT molecular complexity index is 1440. The summed E-state index contributed by atoms with van der Waals surface area (Å²) in [6.45, 7) is 0. The number of thioether (sulfide) groups is 1. The van der Waals surface area contributed by atoms with E-state index in [2.05, 4.69) is 10.3 Å². The summed E-state index contributed by atoms with van der Waals surface area (Å²) >= 11 is 1.85. The summed E-state index contributed by atoms with van der Waals surface area (Å²) in [6, 6.07) is 10.8. The molecule has 1 amide bonds. The number of fused-ring (bicyclic) bond motifs is 1. The first-order valence-electron chi connectivity index (χ1n) is 13.2. The van der Waals surface area contributed by atoms with E-state index in [1.54, 1.807) is 4.57 Å². The Morgan fingerprint density at radius 1 is 0.973 bits per heavy atom. The van der Waals surface area contributed by atoms with Gasteiger partial charge < -0.3 is 5.32 Å². The monoisotopic (exact) mass is 522 g/mol. The molecule has 2 aromatic heterocycles. The van der Waals surface area contributed by atoms with Crippen molar-refractivity contribution >= 4 is 28.7 Å². The summed E-state index contributed by atoms with van der Waals surface area (Å²) in [5.41, 5.74) is 0.104. The van der Waals surface area contributed by atoms with Crippen molar-refractivity contribution in [2.75, 3.05) is 11.5 Å². The maximum atomic E-state index is 14.1. The summed E-state index contributed by atoms with van der Waals surface area (Å²) < 4.78 is 17.1. The van der Waals surface area contributed by atoms with Crippen molar-refractivity contribution < 1.29 is 9.18 Å². The maximum Gasteiger partial charge on any atom is 0.333 e. The third kappa shape index (κ3) is 4.41. The van der Waals surface area contributed by atoms with E-state index in [0.29, 0.717) is 25.7 Å². The van der Waals surface area contributed by atoms with Gasteiger partial charge in [0, 0.05) is 18.1 Å². The van der Waals surface area contributed by atoms with Crippen LogP contribution in [-0.4, -0.2) is 37.6 Å². The van der Waals surface area contributed by atoms with Crippen LogP contribution in [0.5, 0.6) is 0 Å². The fourth-order valence-corrected chi connectivity index (χ4v) is 7.21. The highest BCUT2D eigenvalue weighted by molar-refractivity contribution is 7.99. The van der Waals surface area contributed by atoms with Gasteiger partial charge in [0.2, 0.25) is 5.91 Å². The number of aromatic nitrogens is 3. The molecular formula is C28H31FN4O3S. The third-order valence-corrected chi connectivity index (χ3v) is 9.44. The number of carbonyl (C=O) groups is 1. The Morgan fingerprint density at radius 3 is 2.32 bits per heavy atom. The Hall–Kier alpha value is -2.94. The molecule has 37 heavy (non-hydrogen) atoms. The first-order chi connectivity index (χ1) is 18.0. The lowest BCUT2D eigenvalue weighted by Crippen LogP contribution is -2.47. The van der Waals surface area contributed by atoms with E-state index in [1.165, 1.54) is 10.6 Å². The number of carbonyl (C=O) groups excluding carboxylic acids is 1. The van der Waals surface area contributed by atoms with Crippen molar-refractivity contribution in [2.24, 2.45) is 0 Å². The van der Waals surface area contributed by atoms with E-state index in [9.17, 15) is 18.8 Å². The SMILES string of the molecule is O=C(N[C@H]1CC[C@@H](n2c(=O)c3cc(F)cnc3n(C3CCSCC3)c2=O)CC1)C1(c2ccccc2)CC1. The van der Waals surface area contributed by atoms with Crippen molar-refractivity contribution in [1.82, 2.24) is 19.4 Å². The minimum atomic E-state index is -0.584. The summed E-state index contributed by atoms with van der Waals surface area (Å²) in [7, 11) is 0. The molecule has 1 saturated heterocycles. The van der Waals surface area contributed by atoms with E-state index < -0.39 is 16.8 Å². The van der Waals surface area contributed by atoms with Gasteiger partial charge in [-0.3, -0.25) is 18.7 Å². The standard InChI is InChI=1S/C28H31FN4O3S/c29-19-16-23-24(30-17-19)32(22-10-14-37-15-11-22)27(36)33(25(23)34)21-8-6-20(7-9-21)31-26(35)28(12-13-28)18-4-2-1-3-5-18/h1-5,16-17,20-22H,6-15H2,(H,31,35)/t20-,21+. The van der Waals surface area contributed by atoms with Crippen molar-refractivity contribution in [3.63, 3.8) is 0 Å². The van der Waals surface area contributed by atoms with Crippen LogP contribution in [0.2, 0.25) is 0 Å². The van der Waals surface area contributed by atoms with Crippen LogP contribution in [0, 0.1) is 5.82 Å². The Labute approximate surface area is 218 Å². The molecule has 3 aliphatic rings. The molecule has 194 valence electrons. The second kappa shape index (κ2) is 9.74. The molecule has 0 spiro atoms. The number of hydrogen-bond donors (Lipinski definition) is 1. The number of rotatable bonds is 5. The average molecular weight is 523 g/mol. The second-order valence-electron chi connectivity index (χ2n) is 10.6. The molecule has 1 N–H and O–H groups in total. The summed E-state index contributed by atoms with van der Waals surface area (Å²) in [5, 5.41) is 3.41. The topological polar surface area (TPSA) is 86.0 Å². The number of benzene rings is 1. The van der Waals surface area contributed by atoms with E-state index in [0.717, 1.165) is 48.9 Å². The van der Waals surface area contributed by atoms with Gasteiger partial charge in [0.05, 0.1) is 17.0 Å². The smallest absolute Gasteiger partial charge is 0.333 e. The molecule has 1 aromatic carbocycles. The van der Waals surface area contributed by atoms with E-state index in [1.807, 2.05) is 42.1 Å². The quantitative estimate of drug-likeness (QED) is 0.545. The van der Waals surface area contributed by atoms with Gasteiger partial charge in [-0.15, -0.1) is 0 Å². The Morgan fingerprint density at radius 2 is 1.65 bits per heavy atom. The van der Waals surface area contributed by atoms with Crippen LogP contribution < -0.4 is 16.6 Å². The molecule has 0 bridgehead atoms. The van der Waals surface area contributed by atoms with Gasteiger partial charge in [-0.25, -0.2) is 14.2 Å². The summed E-state index contributed by atoms with van der Waals surface area (Å²) in [5.74, 6) is 1.37. The second-order valence-corrected chi connectivity index (χ2v) is 11.8. The molecule has 0 unspecified atom stereocenters. The normalized spacial score (nSPS) is 23.6. The number of hydrogen-bond acceptors (Lipinski definition) is 5. The van der Waals surface area contributed by atoms with E-state index >= 15 is 0 Å². The number of halogens is 1. The fraction of sp³-hybridized carbons (Fsp3) is 0.500. The van der Waals surface area contributed by atoms with Crippen LogP contribution >= 0.6 is 11.8 Å². The van der Waals surface area contributed by atoms with Gasteiger partial charge in [-0.1, -0.05) is 30.3 Å². The molecule has 6 rings (SSSR count). The zero-order valence-corrected chi connectivity index (χ0v) is 21.5. The van der Waals surface area contributed by atoms with Gasteiger partial charge in [-0.05, 0) is 74.5 Å². The molecular weight excluding hydrogens is 491 g/mol. The number of nitrogens with one attached hydrogen (secondary N) is 1. The first-order valence-corrected chi connectivity index (χ1v) is 14.4. The van der Waals surface area contributed by atoms with Crippen LogP contribution in [0.3, 0.4) is 0 Å². The lowest BCUT2D eigenvalue weighted by molar-refractivity contribution is -0.124. The van der Waals surface area contributed by atoms with Crippen molar-refractivity contribution in [3.05, 3.63) is 74.8 Å². The predicted octanol–water partition coefficient (Wildman–Crippen LogP) is 4.10. The highest BCUT2D eigenvalue weighted by Crippen LogP contribution is 2.48. The lowest BCUT2D eigenvalue weighted by atomic mass is 9.89. The third-order valence-electron chi connectivity index (χ3n) is 8.39. The molecule has 0 atom stereocenters.